The molecule has 1 aliphatic heterocycles. The van der Waals surface area contributed by atoms with Gasteiger partial charge in [0.15, 0.2) is 0 Å². The molecule has 0 aliphatic carbocycles. The number of likely N-dealkylation sites (N-methyl/N-ethyl adjacent to an activating group) is 1. The van der Waals surface area contributed by atoms with Gasteiger partial charge in [-0.1, -0.05) is 6.07 Å². The molecule has 100 valence electrons. The Kier molecular flexibility index (Phi) is 4.09. The van der Waals surface area contributed by atoms with E-state index in [0.717, 1.165) is 36.7 Å². The third kappa shape index (κ3) is 2.44. The lowest BCUT2D eigenvalue weighted by molar-refractivity contribution is 0.171. The molecule has 0 radical (unpaired) electrons. The number of hydrogen-bond acceptors (Lipinski definition) is 4. The molecule has 1 aromatic carbocycles. The van der Waals surface area contributed by atoms with Crippen molar-refractivity contribution in [1.29, 1.82) is 0 Å². The maximum absolute atomic E-state index is 5.53. The van der Waals surface area contributed by atoms with E-state index in [1.54, 1.807) is 14.2 Å². The van der Waals surface area contributed by atoms with Crippen LogP contribution in [0.25, 0.3) is 0 Å². The molecule has 1 aromatic rings. The summed E-state index contributed by atoms with van der Waals surface area (Å²) in [6.07, 6.45) is 0. The molecule has 18 heavy (non-hydrogen) atoms. The Bertz CT molecular complexity index is 417. The van der Waals surface area contributed by atoms with Gasteiger partial charge in [-0.05, 0) is 20.0 Å². The molecule has 0 saturated carbocycles. The summed E-state index contributed by atoms with van der Waals surface area (Å²) in [5, 5.41) is 3.29. The van der Waals surface area contributed by atoms with Gasteiger partial charge in [-0.15, -0.1) is 0 Å². The topological polar surface area (TPSA) is 33.7 Å². The molecule has 0 bridgehead atoms. The second-order valence-corrected chi connectivity index (χ2v) is 4.81. The first kappa shape index (κ1) is 13.2. The van der Waals surface area contributed by atoms with Crippen molar-refractivity contribution in [3.63, 3.8) is 0 Å². The third-order valence-electron chi connectivity index (χ3n) is 3.66. The summed E-state index contributed by atoms with van der Waals surface area (Å²) < 4.78 is 10.9. The normalized spacial score (nSPS) is 15.6. The van der Waals surface area contributed by atoms with Crippen LogP contribution in [-0.4, -0.2) is 45.3 Å². The number of ether oxygens (including phenoxy) is 2. The van der Waals surface area contributed by atoms with Crippen molar-refractivity contribution in [2.75, 3.05) is 34.4 Å². The highest BCUT2D eigenvalue weighted by molar-refractivity contribution is 5.49. The standard InChI is InChI=1S/C14H22N2O2/c1-10-13(17-3)6-5-11(14(10)18-4)9-16(2)12-7-15-8-12/h5-6,12,15H,7-9H2,1-4H3. The van der Waals surface area contributed by atoms with Crippen molar-refractivity contribution in [3.05, 3.63) is 23.3 Å². The minimum absolute atomic E-state index is 0.636. The van der Waals surface area contributed by atoms with E-state index >= 15 is 0 Å². The zero-order valence-corrected chi connectivity index (χ0v) is 11.6. The van der Waals surface area contributed by atoms with E-state index in [1.165, 1.54) is 5.56 Å². The molecule has 4 nitrogen and oxygen atoms in total. The lowest BCUT2D eigenvalue weighted by atomic mass is 10.1. The van der Waals surface area contributed by atoms with Gasteiger partial charge in [0.1, 0.15) is 11.5 Å². The third-order valence-corrected chi connectivity index (χ3v) is 3.66. The fourth-order valence-corrected chi connectivity index (χ4v) is 2.34. The summed E-state index contributed by atoms with van der Waals surface area (Å²) in [4.78, 5) is 2.36. The summed E-state index contributed by atoms with van der Waals surface area (Å²) >= 11 is 0. The Morgan fingerprint density at radius 2 is 2.00 bits per heavy atom. The predicted molar refractivity (Wildman–Crippen MR) is 72.4 cm³/mol. The summed E-state index contributed by atoms with van der Waals surface area (Å²) in [6, 6.07) is 4.74. The van der Waals surface area contributed by atoms with Crippen molar-refractivity contribution in [2.45, 2.75) is 19.5 Å². The van der Waals surface area contributed by atoms with Gasteiger partial charge < -0.3 is 14.8 Å². The molecule has 1 aliphatic rings. The summed E-state index contributed by atoms with van der Waals surface area (Å²) in [6.45, 7) is 5.09. The molecule has 4 heteroatoms. The zero-order valence-electron chi connectivity index (χ0n) is 11.6. The van der Waals surface area contributed by atoms with Crippen LogP contribution in [0.4, 0.5) is 0 Å². The molecule has 1 heterocycles. The summed E-state index contributed by atoms with van der Waals surface area (Å²) in [7, 11) is 5.56. The van der Waals surface area contributed by atoms with Crippen LogP contribution in [0.5, 0.6) is 11.5 Å². The first-order valence-electron chi connectivity index (χ1n) is 6.28. The van der Waals surface area contributed by atoms with Crippen LogP contribution in [0.3, 0.4) is 0 Å². The second kappa shape index (κ2) is 5.59. The molecule has 0 unspecified atom stereocenters. The van der Waals surface area contributed by atoms with E-state index in [4.69, 9.17) is 9.47 Å². The molecule has 0 aromatic heterocycles. The summed E-state index contributed by atoms with van der Waals surface area (Å²) in [5.41, 5.74) is 2.28. The quantitative estimate of drug-likeness (QED) is 0.857. The van der Waals surface area contributed by atoms with Crippen LogP contribution in [0.15, 0.2) is 12.1 Å². The monoisotopic (exact) mass is 250 g/mol. The van der Waals surface area contributed by atoms with E-state index < -0.39 is 0 Å². The van der Waals surface area contributed by atoms with Crippen LogP contribution < -0.4 is 14.8 Å². The van der Waals surface area contributed by atoms with Gasteiger partial charge >= 0.3 is 0 Å². The number of hydrogen-bond donors (Lipinski definition) is 1. The summed E-state index contributed by atoms with van der Waals surface area (Å²) in [5.74, 6) is 1.82. The van der Waals surface area contributed by atoms with E-state index in [0.29, 0.717) is 6.04 Å². The average Bonchev–Trinajstić information content (AvgIpc) is 2.27. The van der Waals surface area contributed by atoms with Crippen molar-refractivity contribution >= 4 is 0 Å². The SMILES string of the molecule is COc1ccc(CN(C)C2CNC2)c(OC)c1C. The minimum Gasteiger partial charge on any atom is -0.496 e. The van der Waals surface area contributed by atoms with Crippen molar-refractivity contribution in [1.82, 2.24) is 10.2 Å². The van der Waals surface area contributed by atoms with E-state index in [1.807, 2.05) is 13.0 Å². The second-order valence-electron chi connectivity index (χ2n) is 4.81. The smallest absolute Gasteiger partial charge is 0.129 e. The van der Waals surface area contributed by atoms with Gasteiger partial charge in [0.2, 0.25) is 0 Å². The maximum atomic E-state index is 5.53. The molecule has 2 rings (SSSR count). The first-order valence-corrected chi connectivity index (χ1v) is 6.28. The molecule has 1 saturated heterocycles. The number of benzene rings is 1. The lowest BCUT2D eigenvalue weighted by Crippen LogP contribution is -2.55. The number of nitrogens with zero attached hydrogens (tertiary/aromatic N) is 1. The van der Waals surface area contributed by atoms with Crippen LogP contribution in [0, 0.1) is 6.92 Å². The van der Waals surface area contributed by atoms with Gasteiger partial charge in [0.25, 0.3) is 0 Å². The Balaban J connectivity index is 2.18. The van der Waals surface area contributed by atoms with Crippen LogP contribution in [0.2, 0.25) is 0 Å². The van der Waals surface area contributed by atoms with Gasteiger partial charge in [0.05, 0.1) is 14.2 Å². The van der Waals surface area contributed by atoms with Crippen LogP contribution >= 0.6 is 0 Å². The Labute approximate surface area is 109 Å². The Hall–Kier alpha value is -1.26. The highest BCUT2D eigenvalue weighted by Gasteiger charge is 2.22. The number of nitrogens with one attached hydrogen (secondary N) is 1. The Morgan fingerprint density at radius 3 is 2.50 bits per heavy atom. The molecule has 0 spiro atoms. The van der Waals surface area contributed by atoms with Gasteiger partial charge in [0, 0.05) is 36.8 Å². The van der Waals surface area contributed by atoms with Gasteiger partial charge in [-0.2, -0.15) is 0 Å². The van der Waals surface area contributed by atoms with Crippen molar-refractivity contribution in [3.8, 4) is 11.5 Å². The molecule has 0 atom stereocenters. The molecule has 1 N–H and O–H groups in total. The minimum atomic E-state index is 0.636. The van der Waals surface area contributed by atoms with Crippen molar-refractivity contribution in [2.24, 2.45) is 0 Å². The molecular weight excluding hydrogens is 228 g/mol. The molecule has 1 fully saturated rings. The first-order chi connectivity index (χ1) is 8.67. The van der Waals surface area contributed by atoms with Gasteiger partial charge in [-0.3, -0.25) is 4.90 Å². The molecular formula is C14H22N2O2. The average molecular weight is 250 g/mol. The number of rotatable bonds is 5. The highest BCUT2D eigenvalue weighted by atomic mass is 16.5. The maximum Gasteiger partial charge on any atom is 0.129 e. The highest BCUT2D eigenvalue weighted by Crippen LogP contribution is 2.32. The fraction of sp³-hybridized carbons (Fsp3) is 0.571. The largest absolute Gasteiger partial charge is 0.496 e. The van der Waals surface area contributed by atoms with Crippen LogP contribution in [0.1, 0.15) is 11.1 Å². The molecule has 0 amide bonds. The zero-order chi connectivity index (χ0) is 13.1. The van der Waals surface area contributed by atoms with E-state index in [2.05, 4.69) is 23.3 Å². The fourth-order valence-electron chi connectivity index (χ4n) is 2.34. The van der Waals surface area contributed by atoms with Gasteiger partial charge in [-0.25, -0.2) is 0 Å². The lowest BCUT2D eigenvalue weighted by Gasteiger charge is -2.36. The predicted octanol–water partition coefficient (Wildman–Crippen LogP) is 1.42. The van der Waals surface area contributed by atoms with E-state index in [-0.39, 0.29) is 0 Å². The van der Waals surface area contributed by atoms with Crippen LogP contribution in [-0.2, 0) is 6.54 Å². The number of methoxy groups -OCH3 is 2. The Morgan fingerprint density at radius 1 is 1.28 bits per heavy atom. The van der Waals surface area contributed by atoms with E-state index in [9.17, 15) is 0 Å². The van der Waals surface area contributed by atoms with Crippen molar-refractivity contribution < 1.29 is 9.47 Å².